The lowest BCUT2D eigenvalue weighted by molar-refractivity contribution is -0.0571. The van der Waals surface area contributed by atoms with Crippen molar-refractivity contribution in [3.05, 3.63) is 23.3 Å². The molecule has 176 valence electrons. The van der Waals surface area contributed by atoms with Crippen LogP contribution in [0.25, 0.3) is 0 Å². The van der Waals surface area contributed by atoms with Gasteiger partial charge in [0.25, 0.3) is 0 Å². The van der Waals surface area contributed by atoms with E-state index in [0.717, 1.165) is 42.4 Å². The average molecular weight is 427 g/mol. The van der Waals surface area contributed by atoms with Gasteiger partial charge in [0, 0.05) is 0 Å². The van der Waals surface area contributed by atoms with Gasteiger partial charge in [-0.15, -0.1) is 0 Å². The third-order valence-corrected chi connectivity index (χ3v) is 10.9. The highest BCUT2D eigenvalue weighted by molar-refractivity contribution is 5.25. The first kappa shape index (κ1) is 23.6. The Morgan fingerprint density at radius 3 is 2.58 bits per heavy atom. The number of allylic oxidation sites excluding steroid dienone is 3. The van der Waals surface area contributed by atoms with Crippen molar-refractivity contribution < 1.29 is 5.11 Å². The van der Waals surface area contributed by atoms with Crippen LogP contribution < -0.4 is 0 Å². The number of rotatable bonds is 6. The Morgan fingerprint density at radius 1 is 1.10 bits per heavy atom. The molecule has 0 aromatic carbocycles. The van der Waals surface area contributed by atoms with Gasteiger partial charge in [-0.1, -0.05) is 64.8 Å². The van der Waals surface area contributed by atoms with Crippen LogP contribution >= 0.6 is 0 Å². The van der Waals surface area contributed by atoms with Crippen LogP contribution in [-0.4, -0.2) is 11.2 Å². The summed E-state index contributed by atoms with van der Waals surface area (Å²) >= 11 is 0. The van der Waals surface area contributed by atoms with Gasteiger partial charge in [-0.05, 0) is 117 Å². The van der Waals surface area contributed by atoms with E-state index >= 15 is 0 Å². The van der Waals surface area contributed by atoms with Crippen molar-refractivity contribution in [2.75, 3.05) is 0 Å². The summed E-state index contributed by atoms with van der Waals surface area (Å²) in [6, 6.07) is 0. The zero-order valence-electron chi connectivity index (χ0n) is 21.4. The first-order valence-electron chi connectivity index (χ1n) is 13.8. The van der Waals surface area contributed by atoms with Gasteiger partial charge in [-0.3, -0.25) is 0 Å². The van der Waals surface area contributed by atoms with Crippen molar-refractivity contribution in [2.24, 2.45) is 46.3 Å². The smallest absolute Gasteiger partial charge is 0.0577 e. The third-order valence-electron chi connectivity index (χ3n) is 10.9. The lowest BCUT2D eigenvalue weighted by atomic mass is 9.47. The Balaban J connectivity index is 1.47. The molecule has 3 fully saturated rings. The van der Waals surface area contributed by atoms with Gasteiger partial charge in [0.15, 0.2) is 0 Å². The molecule has 0 bridgehead atoms. The summed E-state index contributed by atoms with van der Waals surface area (Å²) in [7, 11) is 0. The van der Waals surface area contributed by atoms with Gasteiger partial charge < -0.3 is 5.11 Å². The second-order valence-electron chi connectivity index (χ2n) is 12.7. The van der Waals surface area contributed by atoms with E-state index in [2.05, 4.69) is 53.7 Å². The fourth-order valence-corrected chi connectivity index (χ4v) is 9.10. The minimum atomic E-state index is -0.0843. The van der Waals surface area contributed by atoms with Gasteiger partial charge in [-0.2, -0.15) is 0 Å². The molecule has 1 N–H and O–H groups in total. The second-order valence-corrected chi connectivity index (χ2v) is 12.7. The summed E-state index contributed by atoms with van der Waals surface area (Å²) in [6.45, 7) is 14.9. The molecule has 4 aliphatic rings. The molecule has 0 aromatic heterocycles. The molecular formula is C30H50O. The second kappa shape index (κ2) is 9.00. The number of aliphatic hydroxyl groups excluding tert-OH is 1. The Labute approximate surface area is 193 Å². The van der Waals surface area contributed by atoms with Crippen molar-refractivity contribution in [3.63, 3.8) is 0 Å². The highest BCUT2D eigenvalue weighted by Gasteiger charge is 2.59. The van der Waals surface area contributed by atoms with E-state index < -0.39 is 0 Å². The average Bonchev–Trinajstić information content (AvgIpc) is 3.08. The van der Waals surface area contributed by atoms with Gasteiger partial charge in [0.1, 0.15) is 0 Å². The van der Waals surface area contributed by atoms with Gasteiger partial charge in [0.2, 0.25) is 0 Å². The van der Waals surface area contributed by atoms with Gasteiger partial charge >= 0.3 is 0 Å². The molecule has 8 atom stereocenters. The topological polar surface area (TPSA) is 20.2 Å². The molecule has 0 amide bonds. The van der Waals surface area contributed by atoms with Crippen LogP contribution in [0.1, 0.15) is 112 Å². The standard InChI is InChI=1S/C30H50O/c1-7-8-22(20(2)3)10-9-21(4)26-13-14-27-25-12-11-23-19-24(31)15-17-29(23,5)28(25)16-18-30(26,27)6/h8,11,20-21,24-28,31H,7,9-10,12-19H2,1-6H3/b22-8+/t21-,24?,25+,26-,27+,28+,29+,30-/m1/s1. The maximum atomic E-state index is 10.3. The van der Waals surface area contributed by atoms with Crippen LogP contribution in [-0.2, 0) is 0 Å². The molecule has 4 aliphatic carbocycles. The molecule has 3 saturated carbocycles. The molecule has 31 heavy (non-hydrogen) atoms. The van der Waals surface area contributed by atoms with Crippen LogP contribution in [0.4, 0.5) is 0 Å². The maximum Gasteiger partial charge on any atom is 0.0577 e. The number of fused-ring (bicyclic) bond motifs is 5. The summed E-state index contributed by atoms with van der Waals surface area (Å²) in [5, 5.41) is 10.3. The fraction of sp³-hybridized carbons (Fsp3) is 0.867. The Bertz CT molecular complexity index is 701. The summed E-state index contributed by atoms with van der Waals surface area (Å²) in [6.07, 6.45) is 19.2. The SMILES string of the molecule is CC/C=C(\CC[C@@H](C)[C@H]1CC[C@H]2[C@@H]3CC=C4CC(O)CC[C@]4(C)[C@H]3CC[C@]12C)C(C)C. The molecule has 0 saturated heterocycles. The summed E-state index contributed by atoms with van der Waals surface area (Å²) in [5.74, 6) is 5.15. The zero-order valence-corrected chi connectivity index (χ0v) is 21.4. The summed E-state index contributed by atoms with van der Waals surface area (Å²) in [5.41, 5.74) is 4.24. The Morgan fingerprint density at radius 2 is 1.87 bits per heavy atom. The molecule has 0 aromatic rings. The molecule has 0 aliphatic heterocycles. The van der Waals surface area contributed by atoms with Crippen LogP contribution in [0, 0.1) is 46.3 Å². The number of aliphatic hydroxyl groups is 1. The Kier molecular flexibility index (Phi) is 6.85. The number of hydrogen-bond acceptors (Lipinski definition) is 1. The lowest BCUT2D eigenvalue weighted by Crippen LogP contribution is -2.50. The van der Waals surface area contributed by atoms with Crippen molar-refractivity contribution in [1.29, 1.82) is 0 Å². The lowest BCUT2D eigenvalue weighted by Gasteiger charge is -2.58. The van der Waals surface area contributed by atoms with E-state index in [9.17, 15) is 5.11 Å². The predicted molar refractivity (Wildman–Crippen MR) is 133 cm³/mol. The molecule has 1 nitrogen and oxygen atoms in total. The van der Waals surface area contributed by atoms with E-state index in [0.29, 0.717) is 16.7 Å². The summed E-state index contributed by atoms with van der Waals surface area (Å²) in [4.78, 5) is 0. The molecule has 0 spiro atoms. The summed E-state index contributed by atoms with van der Waals surface area (Å²) < 4.78 is 0. The molecule has 0 radical (unpaired) electrons. The van der Waals surface area contributed by atoms with Crippen molar-refractivity contribution in [1.82, 2.24) is 0 Å². The quantitative estimate of drug-likeness (QED) is 0.423. The largest absolute Gasteiger partial charge is 0.393 e. The normalized spacial score (nSPS) is 43.8. The van der Waals surface area contributed by atoms with Crippen molar-refractivity contribution in [2.45, 2.75) is 118 Å². The first-order chi connectivity index (χ1) is 14.7. The van der Waals surface area contributed by atoms with Gasteiger partial charge in [0.05, 0.1) is 6.10 Å². The molecule has 0 heterocycles. The molecular weight excluding hydrogens is 376 g/mol. The van der Waals surface area contributed by atoms with E-state index in [1.165, 1.54) is 57.8 Å². The Hall–Kier alpha value is -0.560. The minimum absolute atomic E-state index is 0.0843. The van der Waals surface area contributed by atoms with Crippen LogP contribution in [0.15, 0.2) is 23.3 Å². The van der Waals surface area contributed by atoms with Crippen LogP contribution in [0.5, 0.6) is 0 Å². The predicted octanol–water partition coefficient (Wildman–Crippen LogP) is 8.34. The highest BCUT2D eigenvalue weighted by atomic mass is 16.3. The molecule has 1 unspecified atom stereocenters. The van der Waals surface area contributed by atoms with Crippen molar-refractivity contribution >= 4 is 0 Å². The van der Waals surface area contributed by atoms with E-state index in [4.69, 9.17) is 0 Å². The highest BCUT2D eigenvalue weighted by Crippen LogP contribution is 2.67. The van der Waals surface area contributed by atoms with Crippen molar-refractivity contribution in [3.8, 4) is 0 Å². The number of hydrogen-bond donors (Lipinski definition) is 1. The third kappa shape index (κ3) is 4.11. The maximum absolute atomic E-state index is 10.3. The van der Waals surface area contributed by atoms with Gasteiger partial charge in [-0.25, -0.2) is 0 Å². The molecule has 1 heteroatoms. The monoisotopic (exact) mass is 426 g/mol. The fourth-order valence-electron chi connectivity index (χ4n) is 9.10. The minimum Gasteiger partial charge on any atom is -0.393 e. The van der Waals surface area contributed by atoms with Crippen LogP contribution in [0.3, 0.4) is 0 Å². The first-order valence-corrected chi connectivity index (χ1v) is 13.8. The van der Waals surface area contributed by atoms with E-state index in [1.54, 1.807) is 11.1 Å². The van der Waals surface area contributed by atoms with E-state index in [-0.39, 0.29) is 6.10 Å². The van der Waals surface area contributed by atoms with E-state index in [1.807, 2.05) is 0 Å². The molecule has 4 rings (SSSR count). The zero-order chi connectivity index (χ0) is 22.4. The van der Waals surface area contributed by atoms with Crippen LogP contribution in [0.2, 0.25) is 0 Å².